The number of hydrogen-bond acceptors (Lipinski definition) is 2. The van der Waals surface area contributed by atoms with Crippen LogP contribution in [0.3, 0.4) is 0 Å². The monoisotopic (exact) mass is 294 g/mol. The molecule has 0 aliphatic carbocycles. The first-order valence-corrected chi connectivity index (χ1v) is 7.78. The van der Waals surface area contributed by atoms with Crippen LogP contribution in [-0.4, -0.2) is 20.9 Å². The quantitative estimate of drug-likeness (QED) is 0.796. The molecule has 17 heavy (non-hydrogen) atoms. The molecule has 1 unspecified atom stereocenters. The van der Waals surface area contributed by atoms with Crippen LogP contribution in [0.15, 0.2) is 54.6 Å². The second kappa shape index (κ2) is 5.87. The molecule has 0 aromatic heterocycles. The van der Waals surface area contributed by atoms with Crippen LogP contribution in [0.5, 0.6) is 0 Å². The summed E-state index contributed by atoms with van der Waals surface area (Å²) in [5.41, 5.74) is 1.01. The van der Waals surface area contributed by atoms with Gasteiger partial charge in [-0.25, -0.2) is 0 Å². The fourth-order valence-corrected chi connectivity index (χ4v) is 4.20. The van der Waals surface area contributed by atoms with Crippen molar-refractivity contribution in [1.29, 1.82) is 0 Å². The molecule has 0 aliphatic rings. The molecule has 3 heteroatoms. The Bertz CT molecular complexity index is 509. The van der Waals surface area contributed by atoms with E-state index in [0.717, 1.165) is 14.5 Å². The Labute approximate surface area is 105 Å². The standard InChI is InChI=1S/C14H14O2Se/c1-16-11-12-7-5-6-10-14(12)17(15)13-8-3-2-4-9-13/h2-10H,11H2,1H3. The van der Waals surface area contributed by atoms with Crippen molar-refractivity contribution in [3.63, 3.8) is 0 Å². The number of hydrogen-bond donors (Lipinski definition) is 0. The molecule has 0 saturated heterocycles. The van der Waals surface area contributed by atoms with Crippen molar-refractivity contribution < 1.29 is 8.57 Å². The van der Waals surface area contributed by atoms with Gasteiger partial charge >= 0.3 is 105 Å². The van der Waals surface area contributed by atoms with E-state index in [1.54, 1.807) is 7.11 Å². The van der Waals surface area contributed by atoms with Crippen molar-refractivity contribution in [3.05, 3.63) is 60.2 Å². The molecule has 1 atom stereocenters. The van der Waals surface area contributed by atoms with Crippen molar-refractivity contribution in [2.24, 2.45) is 0 Å². The van der Waals surface area contributed by atoms with Crippen LogP contribution in [0.4, 0.5) is 0 Å². The molecule has 2 nitrogen and oxygen atoms in total. The molecule has 0 bridgehead atoms. The zero-order valence-electron chi connectivity index (χ0n) is 9.63. The molecule has 2 aromatic carbocycles. The summed E-state index contributed by atoms with van der Waals surface area (Å²) in [4.78, 5) is 0. The molecule has 2 aromatic rings. The minimum atomic E-state index is -2.17. The zero-order chi connectivity index (χ0) is 12.1. The van der Waals surface area contributed by atoms with E-state index in [-0.39, 0.29) is 0 Å². The van der Waals surface area contributed by atoms with Gasteiger partial charge in [0, 0.05) is 0 Å². The third kappa shape index (κ3) is 2.89. The summed E-state index contributed by atoms with van der Waals surface area (Å²) in [5, 5.41) is 0. The molecule has 0 aliphatic heterocycles. The molecular weight excluding hydrogens is 279 g/mol. The Balaban J connectivity index is 2.37. The predicted octanol–water partition coefficient (Wildman–Crippen LogP) is 1.37. The summed E-state index contributed by atoms with van der Waals surface area (Å²) in [5.74, 6) is 0. The van der Waals surface area contributed by atoms with Crippen LogP contribution >= 0.6 is 0 Å². The summed E-state index contributed by atoms with van der Waals surface area (Å²) in [6, 6.07) is 17.4. The van der Waals surface area contributed by atoms with Crippen molar-refractivity contribution in [2.75, 3.05) is 7.11 Å². The topological polar surface area (TPSA) is 26.3 Å². The molecule has 0 spiro atoms. The molecular formula is C14H14O2Se. The van der Waals surface area contributed by atoms with Gasteiger partial charge in [0.15, 0.2) is 0 Å². The SMILES string of the molecule is COCc1ccccc1[Se](=O)c1ccccc1. The molecule has 0 N–H and O–H groups in total. The van der Waals surface area contributed by atoms with Crippen LogP contribution in [-0.2, 0) is 15.2 Å². The van der Waals surface area contributed by atoms with Crippen molar-refractivity contribution in [3.8, 4) is 0 Å². The van der Waals surface area contributed by atoms with E-state index in [9.17, 15) is 3.83 Å². The van der Waals surface area contributed by atoms with Crippen LogP contribution < -0.4 is 8.92 Å². The number of benzene rings is 2. The molecule has 2 rings (SSSR count). The maximum atomic E-state index is 12.5. The molecule has 0 radical (unpaired) electrons. The number of rotatable bonds is 4. The summed E-state index contributed by atoms with van der Waals surface area (Å²) in [7, 11) is 1.65. The van der Waals surface area contributed by atoms with Crippen molar-refractivity contribution in [2.45, 2.75) is 6.61 Å². The van der Waals surface area contributed by atoms with E-state index in [1.165, 1.54) is 0 Å². The zero-order valence-corrected chi connectivity index (χ0v) is 11.3. The van der Waals surface area contributed by atoms with E-state index in [4.69, 9.17) is 4.74 Å². The Morgan fingerprint density at radius 3 is 2.35 bits per heavy atom. The maximum absolute atomic E-state index is 12.5. The van der Waals surface area contributed by atoms with Gasteiger partial charge in [0.2, 0.25) is 0 Å². The van der Waals surface area contributed by atoms with Crippen LogP contribution in [0, 0.1) is 0 Å². The van der Waals surface area contributed by atoms with Crippen LogP contribution in [0.25, 0.3) is 0 Å². The van der Waals surface area contributed by atoms with Gasteiger partial charge in [0.1, 0.15) is 0 Å². The second-order valence-electron chi connectivity index (χ2n) is 3.62. The van der Waals surface area contributed by atoms with E-state index in [0.29, 0.717) is 6.61 Å². The van der Waals surface area contributed by atoms with E-state index in [1.807, 2.05) is 54.6 Å². The van der Waals surface area contributed by atoms with Gasteiger partial charge in [0.05, 0.1) is 0 Å². The second-order valence-corrected chi connectivity index (χ2v) is 6.66. The Morgan fingerprint density at radius 2 is 1.65 bits per heavy atom. The summed E-state index contributed by atoms with van der Waals surface area (Å²) in [6.07, 6.45) is 0. The van der Waals surface area contributed by atoms with Gasteiger partial charge in [0.25, 0.3) is 0 Å². The van der Waals surface area contributed by atoms with Gasteiger partial charge in [-0.15, -0.1) is 0 Å². The molecule has 0 heterocycles. The number of methoxy groups -OCH3 is 1. The van der Waals surface area contributed by atoms with Crippen molar-refractivity contribution in [1.82, 2.24) is 0 Å². The van der Waals surface area contributed by atoms with E-state index >= 15 is 0 Å². The third-order valence-electron chi connectivity index (χ3n) is 2.43. The summed E-state index contributed by atoms with van der Waals surface area (Å²) < 4.78 is 19.5. The first-order chi connectivity index (χ1) is 8.33. The first kappa shape index (κ1) is 12.2. The molecule has 88 valence electrons. The molecule has 0 saturated carbocycles. The fraction of sp³-hybridized carbons (Fsp3) is 0.143. The van der Waals surface area contributed by atoms with Crippen molar-refractivity contribution >= 4 is 22.8 Å². The normalized spacial score (nSPS) is 12.3. The molecule has 0 fully saturated rings. The van der Waals surface area contributed by atoms with Gasteiger partial charge in [-0.2, -0.15) is 0 Å². The van der Waals surface area contributed by atoms with Gasteiger partial charge in [-0.1, -0.05) is 0 Å². The average molecular weight is 293 g/mol. The Hall–Kier alpha value is -1.28. The van der Waals surface area contributed by atoms with Crippen LogP contribution in [0.2, 0.25) is 0 Å². The minimum absolute atomic E-state index is 0.505. The first-order valence-electron chi connectivity index (χ1n) is 5.36. The number of ether oxygens (including phenoxy) is 1. The molecule has 0 amide bonds. The van der Waals surface area contributed by atoms with E-state index < -0.39 is 13.8 Å². The van der Waals surface area contributed by atoms with Gasteiger partial charge in [-0.05, 0) is 0 Å². The van der Waals surface area contributed by atoms with Gasteiger partial charge in [-0.3, -0.25) is 0 Å². The summed E-state index contributed by atoms with van der Waals surface area (Å²) in [6.45, 7) is 0.505. The Morgan fingerprint density at radius 1 is 1.00 bits per heavy atom. The van der Waals surface area contributed by atoms with E-state index in [2.05, 4.69) is 0 Å². The average Bonchev–Trinajstić information content (AvgIpc) is 2.40. The predicted molar refractivity (Wildman–Crippen MR) is 69.3 cm³/mol. The summed E-state index contributed by atoms with van der Waals surface area (Å²) >= 11 is -2.17. The van der Waals surface area contributed by atoms with Crippen LogP contribution in [0.1, 0.15) is 5.56 Å². The third-order valence-corrected chi connectivity index (χ3v) is 5.57. The van der Waals surface area contributed by atoms with Gasteiger partial charge < -0.3 is 0 Å². The fourth-order valence-electron chi connectivity index (χ4n) is 1.63. The Kier molecular flexibility index (Phi) is 4.21.